The average Bonchev–Trinajstić information content (AvgIpc) is 2.97. The molecule has 2 aromatic heterocycles. The Morgan fingerprint density at radius 1 is 1.00 bits per heavy atom. The summed E-state index contributed by atoms with van der Waals surface area (Å²) >= 11 is 0. The normalized spacial score (nSPS) is 11.3. The van der Waals surface area contributed by atoms with E-state index in [9.17, 15) is 17.6 Å². The standard InChI is InChI=1S/C21H16F4N4O.ClH/c1-12-19-18(29(2)28-12)11-17(13-3-5-14(22)6-4-13)27-20(19)26-15-7-9-16(10-8-15)30-21(23,24)25;/h3-11H,1-2H3,(H,26,27);1H. The zero-order valence-electron chi connectivity index (χ0n) is 16.4. The Bertz CT molecular complexity index is 1210. The summed E-state index contributed by atoms with van der Waals surface area (Å²) in [6.07, 6.45) is -4.75. The van der Waals surface area contributed by atoms with Crippen molar-refractivity contribution in [3.8, 4) is 17.0 Å². The van der Waals surface area contributed by atoms with Gasteiger partial charge in [0.25, 0.3) is 0 Å². The van der Waals surface area contributed by atoms with Crippen LogP contribution in [0.4, 0.5) is 29.1 Å². The lowest BCUT2D eigenvalue weighted by molar-refractivity contribution is -0.274. The summed E-state index contributed by atoms with van der Waals surface area (Å²) in [7, 11) is 1.80. The van der Waals surface area contributed by atoms with Gasteiger partial charge in [0.1, 0.15) is 17.4 Å². The van der Waals surface area contributed by atoms with Crippen molar-refractivity contribution >= 4 is 34.8 Å². The molecule has 10 heteroatoms. The third-order valence-electron chi connectivity index (χ3n) is 4.50. The summed E-state index contributed by atoms with van der Waals surface area (Å²) in [6.45, 7) is 1.84. The number of pyridine rings is 1. The summed E-state index contributed by atoms with van der Waals surface area (Å²) < 4.78 is 56.0. The van der Waals surface area contributed by atoms with Crippen molar-refractivity contribution in [3.63, 3.8) is 0 Å². The molecule has 0 unspecified atom stereocenters. The Hall–Kier alpha value is -3.33. The summed E-state index contributed by atoms with van der Waals surface area (Å²) in [4.78, 5) is 4.65. The number of aryl methyl sites for hydroxylation is 2. The van der Waals surface area contributed by atoms with Crippen LogP contribution in [-0.4, -0.2) is 21.1 Å². The number of halogens is 5. The maximum atomic E-state index is 13.3. The van der Waals surface area contributed by atoms with Gasteiger partial charge < -0.3 is 10.1 Å². The summed E-state index contributed by atoms with van der Waals surface area (Å²) in [5.41, 5.74) is 3.39. The molecule has 0 aliphatic heterocycles. The van der Waals surface area contributed by atoms with E-state index in [1.165, 1.54) is 36.4 Å². The molecular formula is C21H17ClF4N4O. The van der Waals surface area contributed by atoms with Crippen molar-refractivity contribution < 1.29 is 22.3 Å². The van der Waals surface area contributed by atoms with Gasteiger partial charge in [-0.1, -0.05) is 0 Å². The molecule has 0 saturated heterocycles. The van der Waals surface area contributed by atoms with Gasteiger partial charge in [-0.25, -0.2) is 9.37 Å². The molecule has 0 atom stereocenters. The van der Waals surface area contributed by atoms with Gasteiger partial charge in [-0.15, -0.1) is 25.6 Å². The topological polar surface area (TPSA) is 52.0 Å². The van der Waals surface area contributed by atoms with Crippen molar-refractivity contribution in [2.45, 2.75) is 13.3 Å². The number of nitrogens with one attached hydrogen (secondary N) is 1. The van der Waals surface area contributed by atoms with Gasteiger partial charge >= 0.3 is 6.36 Å². The third kappa shape index (κ3) is 4.88. The minimum atomic E-state index is -4.75. The molecule has 5 nitrogen and oxygen atoms in total. The van der Waals surface area contributed by atoms with Gasteiger partial charge in [0.15, 0.2) is 0 Å². The fraction of sp³-hybridized carbons (Fsp3) is 0.143. The molecule has 4 aromatic rings. The van der Waals surface area contributed by atoms with E-state index >= 15 is 0 Å². The van der Waals surface area contributed by atoms with Crippen LogP contribution < -0.4 is 10.1 Å². The predicted molar refractivity (Wildman–Crippen MR) is 112 cm³/mol. The molecule has 4 rings (SSSR count). The Labute approximate surface area is 181 Å². The first kappa shape index (κ1) is 22.4. The maximum absolute atomic E-state index is 13.3. The lowest BCUT2D eigenvalue weighted by Crippen LogP contribution is -2.16. The number of aromatic nitrogens is 3. The van der Waals surface area contributed by atoms with E-state index in [1.807, 2.05) is 13.0 Å². The first-order valence-corrected chi connectivity index (χ1v) is 8.93. The monoisotopic (exact) mass is 452 g/mol. The fourth-order valence-electron chi connectivity index (χ4n) is 3.21. The van der Waals surface area contributed by atoms with Crippen molar-refractivity contribution in [1.82, 2.24) is 14.8 Å². The smallest absolute Gasteiger partial charge is 0.406 e. The van der Waals surface area contributed by atoms with Crippen molar-refractivity contribution in [2.75, 3.05) is 5.32 Å². The maximum Gasteiger partial charge on any atom is 0.573 e. The Morgan fingerprint density at radius 2 is 1.65 bits per heavy atom. The zero-order valence-corrected chi connectivity index (χ0v) is 17.2. The van der Waals surface area contributed by atoms with Gasteiger partial charge in [-0.2, -0.15) is 5.10 Å². The van der Waals surface area contributed by atoms with Crippen LogP contribution in [0.3, 0.4) is 0 Å². The molecule has 0 aliphatic rings. The van der Waals surface area contributed by atoms with Crippen LogP contribution in [0.15, 0.2) is 54.6 Å². The molecule has 1 N–H and O–H groups in total. The average molecular weight is 453 g/mol. The van der Waals surface area contributed by atoms with Crippen molar-refractivity contribution in [1.29, 1.82) is 0 Å². The lowest BCUT2D eigenvalue weighted by Gasteiger charge is -2.12. The second-order valence-electron chi connectivity index (χ2n) is 6.66. The summed E-state index contributed by atoms with van der Waals surface area (Å²) in [5.74, 6) is -0.179. The number of alkyl halides is 3. The van der Waals surface area contributed by atoms with Crippen LogP contribution in [0.25, 0.3) is 22.2 Å². The Morgan fingerprint density at radius 3 is 2.26 bits per heavy atom. The minimum Gasteiger partial charge on any atom is -0.406 e. The highest BCUT2D eigenvalue weighted by molar-refractivity contribution is 5.95. The van der Waals surface area contributed by atoms with E-state index in [-0.39, 0.29) is 24.0 Å². The van der Waals surface area contributed by atoms with Gasteiger partial charge in [0.2, 0.25) is 0 Å². The molecule has 0 fully saturated rings. The Balaban J connectivity index is 0.00000272. The molecule has 0 saturated carbocycles. The lowest BCUT2D eigenvalue weighted by atomic mass is 10.1. The van der Waals surface area contributed by atoms with Gasteiger partial charge in [0.05, 0.1) is 22.3 Å². The Kier molecular flexibility index (Phi) is 6.08. The second-order valence-corrected chi connectivity index (χ2v) is 6.66. The third-order valence-corrected chi connectivity index (χ3v) is 4.50. The minimum absolute atomic E-state index is 0. The number of fused-ring (bicyclic) bond motifs is 1. The molecule has 0 bridgehead atoms. The molecule has 2 aromatic carbocycles. The van der Waals surface area contributed by atoms with Crippen LogP contribution in [0.5, 0.6) is 5.75 Å². The quantitative estimate of drug-likeness (QED) is 0.377. The van der Waals surface area contributed by atoms with E-state index in [2.05, 4.69) is 20.1 Å². The van der Waals surface area contributed by atoms with E-state index in [4.69, 9.17) is 0 Å². The molecule has 0 radical (unpaired) electrons. The summed E-state index contributed by atoms with van der Waals surface area (Å²) in [6, 6.07) is 13.2. The van der Waals surface area contributed by atoms with Gasteiger partial charge in [-0.3, -0.25) is 4.68 Å². The van der Waals surface area contributed by atoms with Crippen molar-refractivity contribution in [3.05, 3.63) is 66.1 Å². The van der Waals surface area contributed by atoms with Crippen LogP contribution in [0.2, 0.25) is 0 Å². The van der Waals surface area contributed by atoms with E-state index in [1.54, 1.807) is 23.9 Å². The van der Waals surface area contributed by atoms with E-state index in [0.717, 1.165) is 16.6 Å². The number of hydrogen-bond donors (Lipinski definition) is 1. The molecule has 31 heavy (non-hydrogen) atoms. The van der Waals surface area contributed by atoms with Crippen LogP contribution >= 0.6 is 12.4 Å². The van der Waals surface area contributed by atoms with E-state index < -0.39 is 6.36 Å². The van der Waals surface area contributed by atoms with E-state index in [0.29, 0.717) is 22.8 Å². The van der Waals surface area contributed by atoms with Crippen molar-refractivity contribution in [2.24, 2.45) is 7.05 Å². The first-order valence-electron chi connectivity index (χ1n) is 8.93. The fourth-order valence-corrected chi connectivity index (χ4v) is 3.21. The highest BCUT2D eigenvalue weighted by Gasteiger charge is 2.31. The van der Waals surface area contributed by atoms with Gasteiger partial charge in [-0.05, 0) is 61.5 Å². The highest BCUT2D eigenvalue weighted by Crippen LogP contribution is 2.32. The molecule has 162 valence electrons. The molecular weight excluding hydrogens is 436 g/mol. The number of rotatable bonds is 4. The zero-order chi connectivity index (χ0) is 21.5. The van der Waals surface area contributed by atoms with Crippen LogP contribution in [0, 0.1) is 12.7 Å². The molecule has 0 spiro atoms. The van der Waals surface area contributed by atoms with Gasteiger partial charge in [0, 0.05) is 18.3 Å². The molecule has 0 amide bonds. The highest BCUT2D eigenvalue weighted by atomic mass is 35.5. The number of anilines is 2. The SMILES string of the molecule is Cc1nn(C)c2cc(-c3ccc(F)cc3)nc(Nc3ccc(OC(F)(F)F)cc3)c12.Cl. The van der Waals surface area contributed by atoms with Crippen LogP contribution in [0.1, 0.15) is 5.69 Å². The summed E-state index contributed by atoms with van der Waals surface area (Å²) in [5, 5.41) is 8.34. The largest absolute Gasteiger partial charge is 0.573 e. The predicted octanol–water partition coefficient (Wildman–Crippen LogP) is 6.15. The number of ether oxygens (including phenoxy) is 1. The molecule has 2 heterocycles. The van der Waals surface area contributed by atoms with Crippen LogP contribution in [-0.2, 0) is 7.05 Å². The first-order chi connectivity index (χ1) is 14.2. The number of benzene rings is 2. The second kappa shape index (κ2) is 8.43. The number of nitrogens with zero attached hydrogens (tertiary/aromatic N) is 3. The number of hydrogen-bond acceptors (Lipinski definition) is 4. The molecule has 0 aliphatic carbocycles.